The van der Waals surface area contributed by atoms with E-state index in [1.165, 1.54) is 18.2 Å². The molecule has 0 aliphatic heterocycles. The normalized spacial score (nSPS) is 12.8. The minimum absolute atomic E-state index is 0.0489. The number of rotatable bonds is 4. The van der Waals surface area contributed by atoms with Gasteiger partial charge in [-0.15, -0.1) is 0 Å². The van der Waals surface area contributed by atoms with E-state index < -0.39 is 12.4 Å². The van der Waals surface area contributed by atoms with Gasteiger partial charge >= 0.3 is 5.97 Å². The highest BCUT2D eigenvalue weighted by atomic mass is 19.3. The van der Waals surface area contributed by atoms with Crippen molar-refractivity contribution in [1.29, 1.82) is 0 Å². The fraction of sp³-hybridized carbons (Fsp3) is 0.364. The van der Waals surface area contributed by atoms with Crippen molar-refractivity contribution in [3.05, 3.63) is 35.4 Å². The first kappa shape index (κ1) is 11.6. The number of hydrogen-bond donors (Lipinski definition) is 1. The highest BCUT2D eigenvalue weighted by Crippen LogP contribution is 2.24. The third kappa shape index (κ3) is 3.31. The zero-order chi connectivity index (χ0) is 11.4. The summed E-state index contributed by atoms with van der Waals surface area (Å²) in [7, 11) is 0. The van der Waals surface area contributed by atoms with Crippen molar-refractivity contribution in [2.45, 2.75) is 25.7 Å². The zero-order valence-corrected chi connectivity index (χ0v) is 8.28. The monoisotopic (exact) mass is 214 g/mol. The lowest BCUT2D eigenvalue weighted by Crippen LogP contribution is -2.03. The fourth-order valence-corrected chi connectivity index (χ4v) is 1.38. The smallest absolute Gasteiger partial charge is 0.303 e. The van der Waals surface area contributed by atoms with Crippen LogP contribution in [0.1, 0.15) is 36.8 Å². The van der Waals surface area contributed by atoms with E-state index in [0.29, 0.717) is 5.56 Å². The molecule has 0 saturated heterocycles. The van der Waals surface area contributed by atoms with Crippen molar-refractivity contribution in [2.24, 2.45) is 0 Å². The zero-order valence-electron chi connectivity index (χ0n) is 8.28. The van der Waals surface area contributed by atoms with Crippen LogP contribution >= 0.6 is 0 Å². The minimum atomic E-state index is -2.51. The first-order valence-electron chi connectivity index (χ1n) is 4.60. The molecule has 1 unspecified atom stereocenters. The first-order valence-corrected chi connectivity index (χ1v) is 4.60. The highest BCUT2D eigenvalue weighted by molar-refractivity contribution is 5.67. The van der Waals surface area contributed by atoms with Crippen LogP contribution in [0, 0.1) is 0 Å². The van der Waals surface area contributed by atoms with Gasteiger partial charge in [0.25, 0.3) is 6.43 Å². The van der Waals surface area contributed by atoms with E-state index >= 15 is 0 Å². The van der Waals surface area contributed by atoms with E-state index in [-0.39, 0.29) is 17.9 Å². The lowest BCUT2D eigenvalue weighted by atomic mass is 9.96. The molecule has 0 aliphatic rings. The number of halogens is 2. The van der Waals surface area contributed by atoms with E-state index in [9.17, 15) is 13.6 Å². The van der Waals surface area contributed by atoms with Crippen LogP contribution in [0.5, 0.6) is 0 Å². The van der Waals surface area contributed by atoms with Gasteiger partial charge in [0.15, 0.2) is 0 Å². The lowest BCUT2D eigenvalue weighted by molar-refractivity contribution is -0.137. The van der Waals surface area contributed by atoms with Crippen LogP contribution in [0.3, 0.4) is 0 Å². The summed E-state index contributed by atoms with van der Waals surface area (Å²) in [5.41, 5.74) is 0.569. The van der Waals surface area contributed by atoms with Crippen LogP contribution < -0.4 is 0 Å². The quantitative estimate of drug-likeness (QED) is 0.835. The highest BCUT2D eigenvalue weighted by Gasteiger charge is 2.13. The Bertz CT molecular complexity index is 350. The van der Waals surface area contributed by atoms with Gasteiger partial charge in [0.05, 0.1) is 6.42 Å². The van der Waals surface area contributed by atoms with Crippen LogP contribution in [0.15, 0.2) is 24.3 Å². The molecule has 0 radical (unpaired) electrons. The van der Waals surface area contributed by atoms with E-state index in [1.54, 1.807) is 13.0 Å². The SMILES string of the molecule is CC(CC(=O)O)c1cccc(C(F)F)c1. The Hall–Kier alpha value is -1.45. The van der Waals surface area contributed by atoms with Gasteiger partial charge in [0.2, 0.25) is 0 Å². The van der Waals surface area contributed by atoms with Gasteiger partial charge in [0, 0.05) is 5.56 Å². The third-order valence-electron chi connectivity index (χ3n) is 2.21. The predicted molar refractivity (Wildman–Crippen MR) is 52.1 cm³/mol. The van der Waals surface area contributed by atoms with Crippen molar-refractivity contribution in [1.82, 2.24) is 0 Å². The van der Waals surface area contributed by atoms with E-state index in [4.69, 9.17) is 5.11 Å². The van der Waals surface area contributed by atoms with Crippen LogP contribution in [-0.2, 0) is 4.79 Å². The van der Waals surface area contributed by atoms with Crippen molar-refractivity contribution in [2.75, 3.05) is 0 Å². The molecule has 0 spiro atoms. The molecule has 0 amide bonds. The molecular weight excluding hydrogens is 202 g/mol. The summed E-state index contributed by atoms with van der Waals surface area (Å²) in [5, 5.41) is 8.58. The van der Waals surface area contributed by atoms with Gasteiger partial charge in [0.1, 0.15) is 0 Å². The van der Waals surface area contributed by atoms with Crippen LogP contribution in [0.2, 0.25) is 0 Å². The van der Waals surface area contributed by atoms with E-state index in [0.717, 1.165) is 0 Å². The van der Waals surface area contributed by atoms with E-state index in [2.05, 4.69) is 0 Å². The number of alkyl halides is 2. The van der Waals surface area contributed by atoms with Gasteiger partial charge in [-0.3, -0.25) is 4.79 Å². The second kappa shape index (κ2) is 4.87. The molecule has 0 aliphatic carbocycles. The molecule has 0 aromatic heterocycles. The number of benzene rings is 1. The second-order valence-electron chi connectivity index (χ2n) is 3.47. The van der Waals surface area contributed by atoms with Gasteiger partial charge in [-0.2, -0.15) is 0 Å². The van der Waals surface area contributed by atoms with Crippen molar-refractivity contribution < 1.29 is 18.7 Å². The molecule has 82 valence electrons. The van der Waals surface area contributed by atoms with Gasteiger partial charge < -0.3 is 5.11 Å². The third-order valence-corrected chi connectivity index (χ3v) is 2.21. The van der Waals surface area contributed by atoms with Crippen molar-refractivity contribution in [3.63, 3.8) is 0 Å². The molecule has 1 rings (SSSR count). The summed E-state index contributed by atoms with van der Waals surface area (Å²) >= 11 is 0. The average Bonchev–Trinajstić information content (AvgIpc) is 2.17. The van der Waals surface area contributed by atoms with Crippen molar-refractivity contribution in [3.8, 4) is 0 Å². The molecular formula is C11H12F2O2. The summed E-state index contributed by atoms with van der Waals surface area (Å²) in [6.45, 7) is 1.71. The Morgan fingerprint density at radius 3 is 2.53 bits per heavy atom. The maximum atomic E-state index is 12.4. The molecule has 15 heavy (non-hydrogen) atoms. The molecule has 0 bridgehead atoms. The topological polar surface area (TPSA) is 37.3 Å². The van der Waals surface area contributed by atoms with Gasteiger partial charge in [-0.25, -0.2) is 8.78 Å². The number of hydrogen-bond acceptors (Lipinski definition) is 1. The minimum Gasteiger partial charge on any atom is -0.481 e. The average molecular weight is 214 g/mol. The Morgan fingerprint density at radius 2 is 2.00 bits per heavy atom. The molecule has 1 aromatic rings. The molecule has 0 saturated carbocycles. The standard InChI is InChI=1S/C11H12F2O2/c1-7(5-10(14)15)8-3-2-4-9(6-8)11(12)13/h2-4,6-7,11H,5H2,1H3,(H,14,15). The number of carbonyl (C=O) groups is 1. The first-order chi connectivity index (χ1) is 7.00. The Morgan fingerprint density at radius 1 is 1.40 bits per heavy atom. The number of carboxylic acid groups (broad SMARTS) is 1. The molecule has 1 aromatic carbocycles. The Labute approximate surface area is 86.5 Å². The summed E-state index contributed by atoms with van der Waals surface area (Å²) in [6.07, 6.45) is -2.56. The maximum Gasteiger partial charge on any atom is 0.303 e. The molecule has 2 nitrogen and oxygen atoms in total. The molecule has 0 fully saturated rings. The fourth-order valence-electron chi connectivity index (χ4n) is 1.38. The van der Waals surface area contributed by atoms with Crippen molar-refractivity contribution >= 4 is 5.97 Å². The summed E-state index contributed by atoms with van der Waals surface area (Å²) < 4.78 is 24.7. The van der Waals surface area contributed by atoms with Crippen LogP contribution in [-0.4, -0.2) is 11.1 Å². The Balaban J connectivity index is 2.85. The summed E-state index contributed by atoms with van der Waals surface area (Å²) in [5.74, 6) is -1.17. The molecule has 4 heteroatoms. The maximum absolute atomic E-state index is 12.4. The summed E-state index contributed by atoms with van der Waals surface area (Å²) in [6, 6.07) is 5.88. The van der Waals surface area contributed by atoms with Crippen LogP contribution in [0.25, 0.3) is 0 Å². The van der Waals surface area contributed by atoms with E-state index in [1.807, 2.05) is 0 Å². The largest absolute Gasteiger partial charge is 0.481 e. The van der Waals surface area contributed by atoms with Crippen LogP contribution in [0.4, 0.5) is 8.78 Å². The van der Waals surface area contributed by atoms with Gasteiger partial charge in [-0.05, 0) is 17.5 Å². The molecule has 0 heterocycles. The second-order valence-corrected chi connectivity index (χ2v) is 3.47. The number of carboxylic acids is 1. The predicted octanol–water partition coefficient (Wildman–Crippen LogP) is 3.20. The Kier molecular flexibility index (Phi) is 3.77. The molecule has 1 atom stereocenters. The van der Waals surface area contributed by atoms with Gasteiger partial charge in [-0.1, -0.05) is 25.1 Å². The number of aliphatic carboxylic acids is 1. The lowest BCUT2D eigenvalue weighted by Gasteiger charge is -2.10. The molecule has 1 N–H and O–H groups in total. The summed E-state index contributed by atoms with van der Waals surface area (Å²) in [4.78, 5) is 10.5.